The topological polar surface area (TPSA) is 110 Å². The molecule has 1 amide bonds. The molecule has 1 aliphatic carbocycles. The SMILES string of the molecule is Cc1onc(C2=CC=C(F)C(C)C2)c1CNc1cc(C(N)=O)[nH]n1. The van der Waals surface area contributed by atoms with Crippen LogP contribution in [-0.4, -0.2) is 21.3 Å². The minimum absolute atomic E-state index is 0.130. The van der Waals surface area contributed by atoms with Crippen molar-refractivity contribution in [3.8, 4) is 0 Å². The summed E-state index contributed by atoms with van der Waals surface area (Å²) >= 11 is 0. The Hall–Kier alpha value is -2.90. The monoisotopic (exact) mass is 331 g/mol. The van der Waals surface area contributed by atoms with Crippen molar-refractivity contribution >= 4 is 17.3 Å². The van der Waals surface area contributed by atoms with Gasteiger partial charge in [0, 0.05) is 24.1 Å². The Morgan fingerprint density at radius 3 is 3.00 bits per heavy atom. The zero-order chi connectivity index (χ0) is 17.3. The highest BCUT2D eigenvalue weighted by molar-refractivity contribution is 5.91. The number of halogens is 1. The van der Waals surface area contributed by atoms with Gasteiger partial charge in [-0.2, -0.15) is 5.10 Å². The number of anilines is 1. The van der Waals surface area contributed by atoms with Gasteiger partial charge in [0.1, 0.15) is 28.8 Å². The van der Waals surface area contributed by atoms with Crippen LogP contribution in [0, 0.1) is 12.8 Å². The van der Waals surface area contributed by atoms with E-state index in [1.165, 1.54) is 12.1 Å². The maximum absolute atomic E-state index is 13.5. The molecule has 1 aliphatic rings. The van der Waals surface area contributed by atoms with Gasteiger partial charge in [0.15, 0.2) is 0 Å². The third-order valence-electron chi connectivity index (χ3n) is 4.02. The first-order chi connectivity index (χ1) is 11.5. The summed E-state index contributed by atoms with van der Waals surface area (Å²) in [5.41, 5.74) is 7.91. The molecule has 2 aromatic rings. The van der Waals surface area contributed by atoms with Gasteiger partial charge in [-0.1, -0.05) is 18.2 Å². The van der Waals surface area contributed by atoms with Gasteiger partial charge < -0.3 is 15.6 Å². The van der Waals surface area contributed by atoms with Gasteiger partial charge in [0.05, 0.1) is 0 Å². The number of allylic oxidation sites excluding steroid dienone is 4. The fourth-order valence-electron chi connectivity index (χ4n) is 2.58. The molecule has 1 atom stereocenters. The van der Waals surface area contributed by atoms with Gasteiger partial charge >= 0.3 is 0 Å². The van der Waals surface area contributed by atoms with Crippen molar-refractivity contribution in [3.05, 3.63) is 46.8 Å². The second kappa shape index (κ2) is 6.31. The van der Waals surface area contributed by atoms with E-state index in [0.29, 0.717) is 30.2 Å². The second-order valence-electron chi connectivity index (χ2n) is 5.80. The fourth-order valence-corrected chi connectivity index (χ4v) is 2.58. The second-order valence-corrected chi connectivity index (χ2v) is 5.80. The molecule has 0 saturated heterocycles. The Morgan fingerprint density at radius 1 is 1.54 bits per heavy atom. The molecule has 0 saturated carbocycles. The van der Waals surface area contributed by atoms with Gasteiger partial charge in [0.25, 0.3) is 5.91 Å². The van der Waals surface area contributed by atoms with Crippen molar-refractivity contribution in [2.45, 2.75) is 26.8 Å². The molecular weight excluding hydrogens is 313 g/mol. The predicted octanol–water partition coefficient (Wildman–Crippen LogP) is 2.69. The Kier molecular flexibility index (Phi) is 4.20. The summed E-state index contributed by atoms with van der Waals surface area (Å²) < 4.78 is 18.8. The average molecular weight is 331 g/mol. The Bertz CT molecular complexity index is 833. The van der Waals surface area contributed by atoms with Crippen molar-refractivity contribution < 1.29 is 13.7 Å². The highest BCUT2D eigenvalue weighted by Gasteiger charge is 2.22. The minimum atomic E-state index is -0.576. The molecule has 2 aromatic heterocycles. The zero-order valence-electron chi connectivity index (χ0n) is 13.4. The molecule has 7 nitrogen and oxygen atoms in total. The largest absolute Gasteiger partial charge is 0.364 e. The molecule has 0 radical (unpaired) electrons. The molecule has 0 bridgehead atoms. The van der Waals surface area contributed by atoms with Gasteiger partial charge in [-0.3, -0.25) is 9.89 Å². The minimum Gasteiger partial charge on any atom is -0.364 e. The zero-order valence-corrected chi connectivity index (χ0v) is 13.4. The maximum atomic E-state index is 13.5. The first kappa shape index (κ1) is 16.0. The van der Waals surface area contributed by atoms with Crippen molar-refractivity contribution in [2.75, 3.05) is 5.32 Å². The third kappa shape index (κ3) is 3.08. The number of rotatable bonds is 5. The quantitative estimate of drug-likeness (QED) is 0.780. The average Bonchev–Trinajstić information content (AvgIpc) is 3.15. The van der Waals surface area contributed by atoms with E-state index < -0.39 is 5.91 Å². The number of carbonyl (C=O) groups is 1. The molecule has 0 spiro atoms. The van der Waals surface area contributed by atoms with Crippen LogP contribution in [0.15, 0.2) is 28.6 Å². The summed E-state index contributed by atoms with van der Waals surface area (Å²) in [4.78, 5) is 11.1. The number of H-pyrrole nitrogens is 1. The summed E-state index contributed by atoms with van der Waals surface area (Å²) in [7, 11) is 0. The van der Waals surface area contributed by atoms with E-state index in [4.69, 9.17) is 10.3 Å². The lowest BCUT2D eigenvalue weighted by molar-refractivity contribution is 0.0995. The highest BCUT2D eigenvalue weighted by Crippen LogP contribution is 2.33. The van der Waals surface area contributed by atoms with Crippen LogP contribution in [0.4, 0.5) is 10.2 Å². The summed E-state index contributed by atoms with van der Waals surface area (Å²) in [6.45, 7) is 4.06. The number of amides is 1. The number of hydrogen-bond donors (Lipinski definition) is 3. The number of primary amides is 1. The molecule has 4 N–H and O–H groups in total. The van der Waals surface area contributed by atoms with Crippen LogP contribution in [0.3, 0.4) is 0 Å². The Balaban J connectivity index is 1.79. The number of nitrogens with two attached hydrogens (primary N) is 1. The lowest BCUT2D eigenvalue weighted by Crippen LogP contribution is -2.11. The van der Waals surface area contributed by atoms with Crippen LogP contribution in [0.1, 0.15) is 40.9 Å². The molecule has 24 heavy (non-hydrogen) atoms. The van der Waals surface area contributed by atoms with E-state index in [0.717, 1.165) is 11.1 Å². The number of nitrogens with one attached hydrogen (secondary N) is 2. The van der Waals surface area contributed by atoms with Crippen LogP contribution >= 0.6 is 0 Å². The molecule has 126 valence electrons. The summed E-state index contributed by atoms with van der Waals surface area (Å²) in [6.07, 6.45) is 3.77. The van der Waals surface area contributed by atoms with Crippen molar-refractivity contribution in [1.29, 1.82) is 0 Å². The van der Waals surface area contributed by atoms with Gasteiger partial charge in [-0.15, -0.1) is 0 Å². The molecule has 0 aromatic carbocycles. The molecule has 3 rings (SSSR count). The third-order valence-corrected chi connectivity index (χ3v) is 4.02. The van der Waals surface area contributed by atoms with Crippen molar-refractivity contribution in [1.82, 2.24) is 15.4 Å². The molecule has 2 heterocycles. The van der Waals surface area contributed by atoms with Crippen molar-refractivity contribution in [3.63, 3.8) is 0 Å². The highest BCUT2D eigenvalue weighted by atomic mass is 19.1. The van der Waals surface area contributed by atoms with Crippen molar-refractivity contribution in [2.24, 2.45) is 11.7 Å². The van der Waals surface area contributed by atoms with E-state index in [1.54, 1.807) is 6.08 Å². The smallest absolute Gasteiger partial charge is 0.266 e. The van der Waals surface area contributed by atoms with Crippen LogP contribution in [-0.2, 0) is 6.54 Å². The predicted molar refractivity (Wildman–Crippen MR) is 86.6 cm³/mol. The van der Waals surface area contributed by atoms with Gasteiger partial charge in [0.2, 0.25) is 0 Å². The number of nitrogens with zero attached hydrogens (tertiary/aromatic N) is 2. The lowest BCUT2D eigenvalue weighted by Gasteiger charge is -2.16. The van der Waals surface area contributed by atoms with Gasteiger partial charge in [-0.05, 0) is 25.0 Å². The van der Waals surface area contributed by atoms with E-state index in [1.807, 2.05) is 13.8 Å². The summed E-state index contributed by atoms with van der Waals surface area (Å²) in [6, 6.07) is 1.53. The molecule has 0 aliphatic heterocycles. The Morgan fingerprint density at radius 2 is 2.33 bits per heavy atom. The number of aryl methyl sites for hydroxylation is 1. The van der Waals surface area contributed by atoms with E-state index in [2.05, 4.69) is 20.7 Å². The fraction of sp³-hybridized carbons (Fsp3) is 0.312. The first-order valence-corrected chi connectivity index (χ1v) is 7.56. The summed E-state index contributed by atoms with van der Waals surface area (Å²) in [5, 5.41) is 13.7. The first-order valence-electron chi connectivity index (χ1n) is 7.56. The number of hydrogen-bond acceptors (Lipinski definition) is 5. The van der Waals surface area contributed by atoms with E-state index in [-0.39, 0.29) is 17.4 Å². The van der Waals surface area contributed by atoms with Crippen LogP contribution in [0.2, 0.25) is 0 Å². The van der Waals surface area contributed by atoms with E-state index in [9.17, 15) is 9.18 Å². The molecule has 1 unspecified atom stereocenters. The van der Waals surface area contributed by atoms with Crippen LogP contribution in [0.25, 0.3) is 5.57 Å². The van der Waals surface area contributed by atoms with Gasteiger partial charge in [-0.25, -0.2) is 4.39 Å². The lowest BCUT2D eigenvalue weighted by atomic mass is 9.91. The molecular formula is C16H18FN5O2. The molecule has 0 fully saturated rings. The Labute approximate surface area is 137 Å². The van der Waals surface area contributed by atoms with Crippen LogP contribution < -0.4 is 11.1 Å². The number of aromatic nitrogens is 3. The van der Waals surface area contributed by atoms with Crippen LogP contribution in [0.5, 0.6) is 0 Å². The normalized spacial score (nSPS) is 17.4. The number of carbonyl (C=O) groups excluding carboxylic acids is 1. The number of aromatic amines is 1. The standard InChI is InChI=1S/C16H18FN5O2/c1-8-5-10(3-4-12(8)17)15-11(9(2)24-22-15)7-19-14-6-13(16(18)23)20-21-14/h3-4,6,8H,5,7H2,1-2H3,(H2,18,23)(H2,19,20,21). The summed E-state index contributed by atoms with van der Waals surface area (Å²) in [5.74, 6) is 0.285. The van der Waals surface area contributed by atoms with E-state index >= 15 is 0 Å². The molecule has 8 heteroatoms. The maximum Gasteiger partial charge on any atom is 0.266 e.